The van der Waals surface area contributed by atoms with Crippen molar-refractivity contribution in [2.45, 2.75) is 43.3 Å². The van der Waals surface area contributed by atoms with E-state index in [9.17, 15) is 4.79 Å². The quantitative estimate of drug-likeness (QED) is 0.767. The monoisotopic (exact) mass is 382 g/mol. The van der Waals surface area contributed by atoms with Gasteiger partial charge in [-0.15, -0.1) is 11.8 Å². The molecule has 1 N–H and O–H groups in total. The maximum absolute atomic E-state index is 12.2. The van der Waals surface area contributed by atoms with Crippen molar-refractivity contribution in [1.82, 2.24) is 5.16 Å². The van der Waals surface area contributed by atoms with Crippen LogP contribution >= 0.6 is 27.7 Å². The van der Waals surface area contributed by atoms with E-state index in [1.165, 1.54) is 11.8 Å². The van der Waals surface area contributed by atoms with E-state index in [0.717, 1.165) is 15.1 Å². The first-order chi connectivity index (χ1) is 10.3. The summed E-state index contributed by atoms with van der Waals surface area (Å²) >= 11 is 4.90. The fourth-order valence-electron chi connectivity index (χ4n) is 1.69. The lowest BCUT2D eigenvalue weighted by atomic mass is 9.93. The zero-order chi connectivity index (χ0) is 16.3. The average molecular weight is 383 g/mol. The molecule has 0 spiro atoms. The molecule has 0 aliphatic rings. The average Bonchev–Trinajstić information content (AvgIpc) is 2.90. The lowest BCUT2D eigenvalue weighted by molar-refractivity contribution is -0.115. The highest BCUT2D eigenvalue weighted by molar-refractivity contribution is 9.10. The van der Waals surface area contributed by atoms with Crippen molar-refractivity contribution in [2.24, 2.45) is 0 Å². The van der Waals surface area contributed by atoms with Gasteiger partial charge in [0.25, 0.3) is 0 Å². The number of nitrogens with zero attached hydrogens (tertiary/aromatic N) is 1. The second-order valence-electron chi connectivity index (χ2n) is 6.03. The van der Waals surface area contributed by atoms with E-state index in [2.05, 4.69) is 26.4 Å². The molecule has 1 heterocycles. The van der Waals surface area contributed by atoms with Crippen molar-refractivity contribution in [3.05, 3.63) is 40.6 Å². The molecular formula is C16H19BrN2O2S. The van der Waals surface area contributed by atoms with Crippen molar-refractivity contribution >= 4 is 39.4 Å². The second-order valence-corrected chi connectivity index (χ2v) is 8.36. The highest BCUT2D eigenvalue weighted by atomic mass is 79.9. The van der Waals surface area contributed by atoms with Gasteiger partial charge in [-0.1, -0.05) is 41.9 Å². The maximum atomic E-state index is 12.2. The van der Waals surface area contributed by atoms with E-state index < -0.39 is 0 Å². The normalized spacial score (nSPS) is 13.0. The topological polar surface area (TPSA) is 55.1 Å². The van der Waals surface area contributed by atoms with Gasteiger partial charge in [0.15, 0.2) is 5.82 Å². The van der Waals surface area contributed by atoms with Gasteiger partial charge in [0.2, 0.25) is 5.91 Å². The van der Waals surface area contributed by atoms with Crippen LogP contribution in [-0.2, 0) is 10.2 Å². The first kappa shape index (κ1) is 17.1. The van der Waals surface area contributed by atoms with Crippen LogP contribution in [-0.4, -0.2) is 16.3 Å². The first-order valence-electron chi connectivity index (χ1n) is 6.96. The molecular weight excluding hydrogens is 364 g/mol. The van der Waals surface area contributed by atoms with Crippen LogP contribution in [0.5, 0.6) is 0 Å². The number of thioether (sulfide) groups is 1. The molecule has 1 unspecified atom stereocenters. The molecule has 2 aromatic rings. The Kier molecular flexibility index (Phi) is 5.34. The molecule has 1 aromatic heterocycles. The van der Waals surface area contributed by atoms with Gasteiger partial charge in [-0.05, 0) is 31.2 Å². The highest BCUT2D eigenvalue weighted by Crippen LogP contribution is 2.27. The summed E-state index contributed by atoms with van der Waals surface area (Å²) in [6, 6.07) is 9.65. The number of anilines is 1. The van der Waals surface area contributed by atoms with Gasteiger partial charge in [-0.2, -0.15) is 0 Å². The molecule has 0 saturated carbocycles. The fraction of sp³-hybridized carbons (Fsp3) is 0.375. The van der Waals surface area contributed by atoms with Crippen LogP contribution in [0.3, 0.4) is 0 Å². The van der Waals surface area contributed by atoms with Crippen LogP contribution in [0.1, 0.15) is 33.5 Å². The molecule has 1 aromatic carbocycles. The Morgan fingerprint density at radius 3 is 2.50 bits per heavy atom. The minimum atomic E-state index is -0.226. The van der Waals surface area contributed by atoms with Crippen molar-refractivity contribution in [1.29, 1.82) is 0 Å². The predicted octanol–water partition coefficient (Wildman–Crippen LogP) is 4.85. The Bertz CT molecular complexity index is 647. The summed E-state index contributed by atoms with van der Waals surface area (Å²) in [5, 5.41) is 6.47. The van der Waals surface area contributed by atoms with E-state index >= 15 is 0 Å². The summed E-state index contributed by atoms with van der Waals surface area (Å²) in [5.74, 6) is 1.11. The van der Waals surface area contributed by atoms with Crippen LogP contribution in [0.4, 0.5) is 5.82 Å². The Morgan fingerprint density at radius 1 is 1.32 bits per heavy atom. The summed E-state index contributed by atoms with van der Waals surface area (Å²) in [4.78, 5) is 13.3. The van der Waals surface area contributed by atoms with E-state index in [-0.39, 0.29) is 16.6 Å². The van der Waals surface area contributed by atoms with Gasteiger partial charge in [-0.3, -0.25) is 4.79 Å². The zero-order valence-electron chi connectivity index (χ0n) is 13.0. The molecule has 22 heavy (non-hydrogen) atoms. The second kappa shape index (κ2) is 6.87. The zero-order valence-corrected chi connectivity index (χ0v) is 15.4. The van der Waals surface area contributed by atoms with Crippen molar-refractivity contribution < 1.29 is 9.32 Å². The van der Waals surface area contributed by atoms with Crippen LogP contribution < -0.4 is 5.32 Å². The summed E-state index contributed by atoms with van der Waals surface area (Å²) in [5.41, 5.74) is -0.131. The summed E-state index contributed by atoms with van der Waals surface area (Å²) in [7, 11) is 0. The van der Waals surface area contributed by atoms with Crippen LogP contribution in [0.25, 0.3) is 0 Å². The van der Waals surface area contributed by atoms with E-state index in [0.29, 0.717) is 5.82 Å². The SMILES string of the molecule is CC(Sc1ccc(Br)cc1)C(=O)Nc1cc(C(C)(C)C)on1. The molecule has 1 amide bonds. The number of halogens is 1. The Hall–Kier alpha value is -1.27. The third kappa shape index (κ3) is 4.61. The number of hydrogen-bond acceptors (Lipinski definition) is 4. The maximum Gasteiger partial charge on any atom is 0.238 e. The third-order valence-corrected chi connectivity index (χ3v) is 4.64. The number of hydrogen-bond donors (Lipinski definition) is 1. The molecule has 0 aliphatic heterocycles. The fourth-order valence-corrected chi connectivity index (χ4v) is 2.82. The first-order valence-corrected chi connectivity index (χ1v) is 8.63. The summed E-state index contributed by atoms with van der Waals surface area (Å²) < 4.78 is 6.28. The summed E-state index contributed by atoms with van der Waals surface area (Å²) in [6.07, 6.45) is 0. The van der Waals surface area contributed by atoms with Gasteiger partial charge in [0, 0.05) is 20.8 Å². The molecule has 0 bridgehead atoms. The minimum absolute atomic E-state index is 0.0957. The van der Waals surface area contributed by atoms with Gasteiger partial charge >= 0.3 is 0 Å². The van der Waals surface area contributed by atoms with Crippen LogP contribution in [0.15, 0.2) is 44.2 Å². The largest absolute Gasteiger partial charge is 0.359 e. The van der Waals surface area contributed by atoms with E-state index in [1.54, 1.807) is 6.07 Å². The predicted molar refractivity (Wildman–Crippen MR) is 93.3 cm³/mol. The molecule has 0 radical (unpaired) electrons. The molecule has 1 atom stereocenters. The molecule has 4 nitrogen and oxygen atoms in total. The Labute approximate surface area is 143 Å². The van der Waals surface area contributed by atoms with Crippen molar-refractivity contribution in [2.75, 3.05) is 5.32 Å². The number of rotatable bonds is 4. The minimum Gasteiger partial charge on any atom is -0.359 e. The number of carbonyl (C=O) groups excluding carboxylic acids is 1. The van der Waals surface area contributed by atoms with Gasteiger partial charge in [0.1, 0.15) is 5.76 Å². The van der Waals surface area contributed by atoms with Crippen LogP contribution in [0.2, 0.25) is 0 Å². The number of nitrogens with one attached hydrogen (secondary N) is 1. The van der Waals surface area contributed by atoms with Gasteiger partial charge < -0.3 is 9.84 Å². The standard InChI is InChI=1S/C16H19BrN2O2S/c1-10(22-12-7-5-11(17)6-8-12)15(20)18-14-9-13(21-19-14)16(2,3)4/h5-10H,1-4H3,(H,18,19,20). The lowest BCUT2D eigenvalue weighted by Gasteiger charge is -2.12. The molecule has 0 fully saturated rings. The molecule has 0 saturated heterocycles. The number of benzene rings is 1. The highest BCUT2D eigenvalue weighted by Gasteiger charge is 2.21. The van der Waals surface area contributed by atoms with E-state index in [4.69, 9.17) is 4.52 Å². The van der Waals surface area contributed by atoms with Crippen molar-refractivity contribution in [3.63, 3.8) is 0 Å². The van der Waals surface area contributed by atoms with E-state index in [1.807, 2.05) is 52.0 Å². The Morgan fingerprint density at radius 2 is 1.95 bits per heavy atom. The molecule has 6 heteroatoms. The third-order valence-electron chi connectivity index (χ3n) is 3.00. The van der Waals surface area contributed by atoms with Gasteiger partial charge in [0.05, 0.1) is 5.25 Å². The lowest BCUT2D eigenvalue weighted by Crippen LogP contribution is -2.22. The van der Waals surface area contributed by atoms with Crippen LogP contribution in [0, 0.1) is 0 Å². The Balaban J connectivity index is 1.96. The number of amides is 1. The molecule has 2 rings (SSSR count). The van der Waals surface area contributed by atoms with Crippen molar-refractivity contribution in [3.8, 4) is 0 Å². The molecule has 118 valence electrons. The summed E-state index contributed by atoms with van der Waals surface area (Å²) in [6.45, 7) is 7.97. The number of carbonyl (C=O) groups is 1. The number of aromatic nitrogens is 1. The smallest absolute Gasteiger partial charge is 0.238 e. The van der Waals surface area contributed by atoms with Gasteiger partial charge in [-0.25, -0.2) is 0 Å². The molecule has 0 aliphatic carbocycles.